The summed E-state index contributed by atoms with van der Waals surface area (Å²) in [5.41, 5.74) is 4.32. The van der Waals surface area contributed by atoms with Crippen LogP contribution in [0.2, 0.25) is 0 Å². The first-order chi connectivity index (χ1) is 17.7. The van der Waals surface area contributed by atoms with Crippen LogP contribution in [-0.4, -0.2) is 49.8 Å². The molecule has 8 heteroatoms. The van der Waals surface area contributed by atoms with Gasteiger partial charge in [0, 0.05) is 18.0 Å². The highest BCUT2D eigenvalue weighted by Crippen LogP contribution is 2.35. The van der Waals surface area contributed by atoms with Gasteiger partial charge in [0.25, 0.3) is 0 Å². The van der Waals surface area contributed by atoms with Crippen molar-refractivity contribution in [3.63, 3.8) is 0 Å². The molecule has 2 heterocycles. The van der Waals surface area contributed by atoms with Gasteiger partial charge in [-0.1, -0.05) is 35.4 Å². The summed E-state index contributed by atoms with van der Waals surface area (Å²) >= 11 is 1.70. The predicted molar refractivity (Wildman–Crippen MR) is 147 cm³/mol. The average Bonchev–Trinajstić information content (AvgIpc) is 3.55. The van der Waals surface area contributed by atoms with Gasteiger partial charge in [-0.3, -0.25) is 4.79 Å². The Morgan fingerprint density at radius 1 is 1.05 bits per heavy atom. The number of ether oxygens (including phenoxy) is 1. The lowest BCUT2D eigenvalue weighted by Crippen LogP contribution is -2.48. The molecule has 2 aliphatic rings. The van der Waals surface area contributed by atoms with E-state index in [1.165, 1.54) is 14.7 Å². The third-order valence-corrected chi connectivity index (χ3v) is 10.1. The zero-order valence-electron chi connectivity index (χ0n) is 21.6. The Balaban J connectivity index is 1.38. The molecule has 1 amide bonds. The molecule has 1 aliphatic carbocycles. The van der Waals surface area contributed by atoms with E-state index in [4.69, 9.17) is 4.74 Å². The highest BCUT2D eigenvalue weighted by molar-refractivity contribution is 7.89. The first-order valence-electron chi connectivity index (χ1n) is 12.8. The number of benzene rings is 2. The molecule has 1 aliphatic heterocycles. The molecule has 2 aromatic carbocycles. The summed E-state index contributed by atoms with van der Waals surface area (Å²) in [5.74, 6) is 0.946. The van der Waals surface area contributed by atoms with E-state index in [9.17, 15) is 13.2 Å². The van der Waals surface area contributed by atoms with Crippen molar-refractivity contribution in [2.75, 3.05) is 26.2 Å². The van der Waals surface area contributed by atoms with Crippen LogP contribution in [0, 0.1) is 26.7 Å². The summed E-state index contributed by atoms with van der Waals surface area (Å²) in [6.45, 7) is 7.09. The zero-order chi connectivity index (χ0) is 26.2. The molecule has 0 spiro atoms. The second-order valence-electron chi connectivity index (χ2n) is 10.3. The standard InChI is InChI=1S/C29H34N2O4S2/c1-20-4-9-24(10-5-20)37(33,34)30(17-23-7-8-23)18-29(32)31-14-12-28-25(13-15-36-28)26(31)19-35-27-11-6-21(2)16-22(27)3/h4-6,9-11,13,15-16,23,26H,7-8,12,14,17-19H2,1-3H3/t26-/m1/s1. The molecule has 0 unspecified atom stereocenters. The molecule has 0 radical (unpaired) electrons. The van der Waals surface area contributed by atoms with Gasteiger partial charge in [0.15, 0.2) is 0 Å². The number of nitrogens with zero attached hydrogens (tertiary/aromatic N) is 2. The summed E-state index contributed by atoms with van der Waals surface area (Å²) in [4.78, 5) is 17.1. The Morgan fingerprint density at radius 3 is 2.49 bits per heavy atom. The van der Waals surface area contributed by atoms with E-state index in [1.807, 2.05) is 37.8 Å². The molecule has 1 fully saturated rings. The van der Waals surface area contributed by atoms with Crippen LogP contribution in [0.1, 0.15) is 46.0 Å². The molecule has 37 heavy (non-hydrogen) atoms. The average molecular weight is 539 g/mol. The minimum absolute atomic E-state index is 0.160. The minimum Gasteiger partial charge on any atom is -0.491 e. The van der Waals surface area contributed by atoms with E-state index in [0.29, 0.717) is 25.6 Å². The lowest BCUT2D eigenvalue weighted by Gasteiger charge is -2.37. The Bertz CT molecular complexity index is 1380. The van der Waals surface area contributed by atoms with Crippen LogP contribution in [0.5, 0.6) is 5.75 Å². The molecule has 5 rings (SSSR count). The molecule has 196 valence electrons. The van der Waals surface area contributed by atoms with E-state index in [1.54, 1.807) is 35.6 Å². The summed E-state index contributed by atoms with van der Waals surface area (Å²) in [5, 5.41) is 2.06. The highest BCUT2D eigenvalue weighted by Gasteiger charge is 2.37. The van der Waals surface area contributed by atoms with Crippen LogP contribution in [0.3, 0.4) is 0 Å². The van der Waals surface area contributed by atoms with Gasteiger partial charge in [-0.15, -0.1) is 11.3 Å². The summed E-state index contributed by atoms with van der Waals surface area (Å²) < 4.78 is 34.8. The van der Waals surface area contributed by atoms with Crippen molar-refractivity contribution < 1.29 is 17.9 Å². The molecular formula is C29H34N2O4S2. The number of rotatable bonds is 9. The van der Waals surface area contributed by atoms with Crippen LogP contribution in [0.25, 0.3) is 0 Å². The monoisotopic (exact) mass is 538 g/mol. The normalized spacial score (nSPS) is 17.6. The lowest BCUT2D eigenvalue weighted by molar-refractivity contribution is -0.135. The topological polar surface area (TPSA) is 66.9 Å². The second-order valence-corrected chi connectivity index (χ2v) is 13.2. The number of thiophene rings is 1. The van der Waals surface area contributed by atoms with Gasteiger partial charge < -0.3 is 9.64 Å². The van der Waals surface area contributed by atoms with Crippen LogP contribution in [-0.2, 0) is 21.2 Å². The molecule has 0 saturated heterocycles. The number of hydrogen-bond acceptors (Lipinski definition) is 5. The number of hydrogen-bond donors (Lipinski definition) is 0. The van der Waals surface area contributed by atoms with Crippen molar-refractivity contribution in [3.05, 3.63) is 81.0 Å². The quantitative estimate of drug-likeness (QED) is 0.372. The largest absolute Gasteiger partial charge is 0.491 e. The molecular weight excluding hydrogens is 504 g/mol. The van der Waals surface area contributed by atoms with Crippen molar-refractivity contribution in [3.8, 4) is 5.75 Å². The van der Waals surface area contributed by atoms with Crippen LogP contribution in [0.4, 0.5) is 0 Å². The number of carbonyl (C=O) groups is 1. The van der Waals surface area contributed by atoms with E-state index in [2.05, 4.69) is 17.5 Å². The minimum atomic E-state index is -3.78. The van der Waals surface area contributed by atoms with Gasteiger partial charge in [-0.25, -0.2) is 8.42 Å². The van der Waals surface area contributed by atoms with Crippen molar-refractivity contribution in [1.29, 1.82) is 0 Å². The number of amides is 1. The zero-order valence-corrected chi connectivity index (χ0v) is 23.3. The number of aryl methyl sites for hydroxylation is 3. The van der Waals surface area contributed by atoms with Crippen LogP contribution in [0.15, 0.2) is 58.8 Å². The smallest absolute Gasteiger partial charge is 0.243 e. The Kier molecular flexibility index (Phi) is 7.43. The maximum absolute atomic E-state index is 13.8. The summed E-state index contributed by atoms with van der Waals surface area (Å²) in [6, 6.07) is 14.8. The fourth-order valence-electron chi connectivity index (χ4n) is 4.94. The van der Waals surface area contributed by atoms with Crippen LogP contribution < -0.4 is 4.74 Å². The second kappa shape index (κ2) is 10.6. The Morgan fingerprint density at radius 2 is 1.78 bits per heavy atom. The maximum Gasteiger partial charge on any atom is 0.243 e. The number of carbonyl (C=O) groups excluding carboxylic acids is 1. The molecule has 3 aromatic rings. The van der Waals surface area contributed by atoms with Gasteiger partial charge in [0.2, 0.25) is 15.9 Å². The van der Waals surface area contributed by atoms with E-state index < -0.39 is 10.0 Å². The molecule has 0 N–H and O–H groups in total. The van der Waals surface area contributed by atoms with E-state index in [-0.39, 0.29) is 23.4 Å². The molecule has 0 bridgehead atoms. The van der Waals surface area contributed by atoms with Gasteiger partial charge >= 0.3 is 0 Å². The number of fused-ring (bicyclic) bond motifs is 1. The van der Waals surface area contributed by atoms with Crippen LogP contribution >= 0.6 is 11.3 Å². The predicted octanol–water partition coefficient (Wildman–Crippen LogP) is 5.28. The lowest BCUT2D eigenvalue weighted by atomic mass is 10.0. The van der Waals surface area contributed by atoms with Crippen molar-refractivity contribution >= 4 is 27.3 Å². The molecule has 1 aromatic heterocycles. The van der Waals surface area contributed by atoms with E-state index >= 15 is 0 Å². The Labute approximate surface area is 223 Å². The first-order valence-corrected chi connectivity index (χ1v) is 15.2. The molecule has 1 atom stereocenters. The third kappa shape index (κ3) is 5.76. The van der Waals surface area contributed by atoms with Crippen molar-refractivity contribution in [2.24, 2.45) is 5.92 Å². The van der Waals surface area contributed by atoms with Crippen molar-refractivity contribution in [1.82, 2.24) is 9.21 Å². The van der Waals surface area contributed by atoms with Gasteiger partial charge in [-0.2, -0.15) is 4.31 Å². The molecule has 1 saturated carbocycles. The number of sulfonamides is 1. The van der Waals surface area contributed by atoms with Gasteiger partial charge in [-0.05, 0) is 86.7 Å². The van der Waals surface area contributed by atoms with Gasteiger partial charge in [0.1, 0.15) is 12.4 Å². The summed E-state index contributed by atoms with van der Waals surface area (Å²) in [7, 11) is -3.78. The van der Waals surface area contributed by atoms with E-state index in [0.717, 1.165) is 41.7 Å². The SMILES string of the molecule is Cc1ccc(S(=O)(=O)N(CC(=O)N2CCc3sccc3[C@H]2COc2ccc(C)cc2C)CC2CC2)cc1. The fourth-order valence-corrected chi connectivity index (χ4v) is 7.34. The van der Waals surface area contributed by atoms with Gasteiger partial charge in [0.05, 0.1) is 17.5 Å². The Hall–Kier alpha value is -2.68. The third-order valence-electron chi connectivity index (χ3n) is 7.27. The highest BCUT2D eigenvalue weighted by atomic mass is 32.2. The maximum atomic E-state index is 13.8. The molecule has 6 nitrogen and oxygen atoms in total. The van der Waals surface area contributed by atoms with Crippen molar-refractivity contribution in [2.45, 2.75) is 51.0 Å². The summed E-state index contributed by atoms with van der Waals surface area (Å²) in [6.07, 6.45) is 2.77. The first kappa shape index (κ1) is 25.9. The fraction of sp³-hybridized carbons (Fsp3) is 0.414.